The highest BCUT2D eigenvalue weighted by molar-refractivity contribution is 6.33. The van der Waals surface area contributed by atoms with Gasteiger partial charge in [0.25, 0.3) is 0 Å². The Balaban J connectivity index is 1.19. The Labute approximate surface area is 369 Å². The van der Waals surface area contributed by atoms with Gasteiger partial charge >= 0.3 is 0 Å². The Morgan fingerprint density at radius 1 is 0.297 bits per heavy atom. The summed E-state index contributed by atoms with van der Waals surface area (Å²) in [6.07, 6.45) is 0. The topological polar surface area (TPSA) is 28.3 Å². The second kappa shape index (κ2) is 14.1. The first-order valence-corrected chi connectivity index (χ1v) is 21.8. The first kappa shape index (κ1) is 36.3. The molecule has 0 saturated heterocycles. The van der Waals surface area contributed by atoms with Gasteiger partial charge in [0.05, 0.1) is 36.3 Å². The molecule has 0 N–H and O–H groups in total. The smallest absolute Gasteiger partial charge is 0.118 e. The highest BCUT2D eigenvalue weighted by Crippen LogP contribution is 2.48. The Hall–Kier alpha value is -8.34. The third-order valence-corrected chi connectivity index (χ3v) is 13.4. The van der Waals surface area contributed by atoms with Gasteiger partial charge in [-0.25, -0.2) is 0 Å². The van der Waals surface area contributed by atoms with Crippen LogP contribution in [0.4, 0.5) is 0 Å². The lowest BCUT2D eigenvalue weighted by Crippen LogP contribution is -1.94. The van der Waals surface area contributed by atoms with Crippen LogP contribution in [0.25, 0.3) is 120 Å². The summed E-state index contributed by atoms with van der Waals surface area (Å²) in [5, 5.41) is 14.7. The minimum Gasteiger partial charge on any atom is -0.497 e. The molecule has 0 atom stereocenters. The van der Waals surface area contributed by atoms with Gasteiger partial charge in [-0.1, -0.05) is 109 Å². The third kappa shape index (κ3) is 5.29. The minimum atomic E-state index is 0.838. The molecule has 64 heavy (non-hydrogen) atoms. The molecule has 0 saturated carbocycles. The second-order valence-corrected chi connectivity index (χ2v) is 16.7. The maximum atomic E-state index is 5.66. The maximum Gasteiger partial charge on any atom is 0.118 e. The summed E-state index contributed by atoms with van der Waals surface area (Å²) in [6.45, 7) is 0. The first-order chi connectivity index (χ1) is 31.7. The molecule has 0 aliphatic rings. The number of hydrogen-bond acceptors (Lipinski definition) is 2. The number of fused-ring (bicyclic) bond motifs is 14. The second-order valence-electron chi connectivity index (χ2n) is 16.7. The van der Waals surface area contributed by atoms with E-state index in [0.29, 0.717) is 0 Å². The van der Waals surface area contributed by atoms with Crippen molar-refractivity contribution in [3.63, 3.8) is 0 Å². The highest BCUT2D eigenvalue weighted by Gasteiger charge is 2.22. The number of ether oxygens (including phenoxy) is 2. The van der Waals surface area contributed by atoms with E-state index >= 15 is 0 Å². The van der Waals surface area contributed by atoms with Gasteiger partial charge in [-0.15, -0.1) is 0 Å². The van der Waals surface area contributed by atoms with E-state index < -0.39 is 0 Å². The standard InChI is InChI=1S/C60H40N2O2/c1-63-43-25-21-37(22-26-43)51-35-39-33-50-40(34-49(39)45-29-31-55-59(57(45)51)47-17-9-11-19-53(47)61(55)41-13-5-3-6-14-41)36-52(38-23-27-44(64-2)28-24-38)58-46(50)30-32-56-60(58)48-18-10-12-20-54(48)62(56)42-15-7-4-8-16-42/h3-36H,1-2H3. The van der Waals surface area contributed by atoms with Crippen molar-refractivity contribution < 1.29 is 9.47 Å². The van der Waals surface area contributed by atoms with Gasteiger partial charge in [0.15, 0.2) is 0 Å². The molecule has 0 fully saturated rings. The molecule has 0 radical (unpaired) electrons. The molecule has 0 aliphatic heterocycles. The zero-order chi connectivity index (χ0) is 42.5. The summed E-state index contributed by atoms with van der Waals surface area (Å²) in [4.78, 5) is 0. The lowest BCUT2D eigenvalue weighted by atomic mass is 9.86. The molecule has 0 unspecified atom stereocenters. The number of aromatic nitrogens is 2. The van der Waals surface area contributed by atoms with Crippen LogP contribution in [0.2, 0.25) is 0 Å². The zero-order valence-electron chi connectivity index (χ0n) is 35.3. The third-order valence-electron chi connectivity index (χ3n) is 13.4. The summed E-state index contributed by atoms with van der Waals surface area (Å²) in [5.74, 6) is 1.68. The summed E-state index contributed by atoms with van der Waals surface area (Å²) in [7, 11) is 3.45. The molecule has 0 spiro atoms. The van der Waals surface area contributed by atoms with Crippen LogP contribution in [-0.2, 0) is 0 Å². The van der Waals surface area contributed by atoms with E-state index in [1.165, 1.54) is 97.8 Å². The average Bonchev–Trinajstić information content (AvgIpc) is 3.89. The Kier molecular flexibility index (Phi) is 8.00. The number of nitrogens with zero attached hydrogens (tertiary/aromatic N) is 2. The number of para-hydroxylation sites is 4. The van der Waals surface area contributed by atoms with Crippen molar-refractivity contribution in [2.45, 2.75) is 0 Å². The van der Waals surface area contributed by atoms with Crippen molar-refractivity contribution >= 4 is 86.7 Å². The predicted octanol–water partition coefficient (Wildman–Crippen LogP) is 15.8. The van der Waals surface area contributed by atoms with Crippen molar-refractivity contribution in [1.29, 1.82) is 0 Å². The van der Waals surface area contributed by atoms with Crippen molar-refractivity contribution in [3.05, 3.63) is 206 Å². The lowest BCUT2D eigenvalue weighted by molar-refractivity contribution is 0.415. The van der Waals surface area contributed by atoms with Crippen molar-refractivity contribution in [2.24, 2.45) is 0 Å². The van der Waals surface area contributed by atoms with E-state index in [2.05, 4.69) is 215 Å². The van der Waals surface area contributed by atoms with Crippen LogP contribution in [0.1, 0.15) is 0 Å². The summed E-state index contributed by atoms with van der Waals surface area (Å²) in [6, 6.07) is 75.3. The Morgan fingerprint density at radius 2 is 0.688 bits per heavy atom. The van der Waals surface area contributed by atoms with Crippen LogP contribution < -0.4 is 9.47 Å². The number of benzene rings is 11. The highest BCUT2D eigenvalue weighted by atomic mass is 16.5. The van der Waals surface area contributed by atoms with Crippen LogP contribution in [0.3, 0.4) is 0 Å². The number of hydrogen-bond donors (Lipinski definition) is 0. The van der Waals surface area contributed by atoms with Gasteiger partial charge in [-0.3, -0.25) is 0 Å². The lowest BCUT2D eigenvalue weighted by Gasteiger charge is -2.17. The molecule has 13 aromatic rings. The number of methoxy groups -OCH3 is 2. The van der Waals surface area contributed by atoms with Gasteiger partial charge < -0.3 is 18.6 Å². The van der Waals surface area contributed by atoms with Gasteiger partial charge in [0.2, 0.25) is 0 Å². The van der Waals surface area contributed by atoms with Gasteiger partial charge in [0.1, 0.15) is 11.5 Å². The average molecular weight is 821 g/mol. The molecular weight excluding hydrogens is 781 g/mol. The van der Waals surface area contributed by atoms with E-state index in [-0.39, 0.29) is 0 Å². The largest absolute Gasteiger partial charge is 0.497 e. The molecule has 4 heteroatoms. The van der Waals surface area contributed by atoms with Crippen LogP contribution >= 0.6 is 0 Å². The van der Waals surface area contributed by atoms with Crippen LogP contribution in [-0.4, -0.2) is 23.4 Å². The van der Waals surface area contributed by atoms with Gasteiger partial charge in [-0.05, 0) is 152 Å². The SMILES string of the molecule is COc1ccc(-c2cc3cc4c(cc(-c5ccc(OC)cc5)c5c4ccc4c5c5ccccc5n4-c4ccccc4)cc3c3ccc4c(c5ccccc5n4-c4ccccc4)c23)cc1. The van der Waals surface area contributed by atoms with Crippen molar-refractivity contribution in [2.75, 3.05) is 14.2 Å². The van der Waals surface area contributed by atoms with E-state index in [1.807, 2.05) is 0 Å². The fourth-order valence-electron chi connectivity index (χ4n) is 10.6. The van der Waals surface area contributed by atoms with Crippen molar-refractivity contribution in [1.82, 2.24) is 9.13 Å². The molecule has 2 heterocycles. The summed E-state index contributed by atoms with van der Waals surface area (Å²) < 4.78 is 16.1. The molecule has 0 bridgehead atoms. The van der Waals surface area contributed by atoms with Gasteiger partial charge in [-0.2, -0.15) is 0 Å². The van der Waals surface area contributed by atoms with Crippen LogP contribution in [0.15, 0.2) is 206 Å². The quantitative estimate of drug-likeness (QED) is 0.123. The Bertz CT molecular complexity index is 3730. The minimum absolute atomic E-state index is 0.838. The molecule has 0 aliphatic carbocycles. The molecule has 4 nitrogen and oxygen atoms in total. The van der Waals surface area contributed by atoms with Crippen LogP contribution in [0, 0.1) is 0 Å². The molecule has 302 valence electrons. The predicted molar refractivity (Wildman–Crippen MR) is 269 cm³/mol. The first-order valence-electron chi connectivity index (χ1n) is 21.8. The fraction of sp³-hybridized carbons (Fsp3) is 0.0333. The molecule has 0 amide bonds. The van der Waals surface area contributed by atoms with Crippen molar-refractivity contribution in [3.8, 4) is 45.1 Å². The fourth-order valence-corrected chi connectivity index (χ4v) is 10.6. The van der Waals surface area contributed by atoms with E-state index in [9.17, 15) is 0 Å². The molecular formula is C60H40N2O2. The zero-order valence-corrected chi connectivity index (χ0v) is 35.3. The number of rotatable bonds is 6. The maximum absolute atomic E-state index is 5.66. The van der Waals surface area contributed by atoms with E-state index in [4.69, 9.17) is 9.47 Å². The van der Waals surface area contributed by atoms with Gasteiger partial charge in [0, 0.05) is 43.7 Å². The molecule has 11 aromatic carbocycles. The molecule has 2 aromatic heterocycles. The molecule has 13 rings (SSSR count). The normalized spacial score (nSPS) is 11.9. The van der Waals surface area contributed by atoms with Crippen LogP contribution in [0.5, 0.6) is 11.5 Å². The monoisotopic (exact) mass is 820 g/mol. The summed E-state index contributed by atoms with van der Waals surface area (Å²) >= 11 is 0. The summed E-state index contributed by atoms with van der Waals surface area (Å²) in [5.41, 5.74) is 11.7. The van der Waals surface area contributed by atoms with E-state index in [1.54, 1.807) is 14.2 Å². The Morgan fingerprint density at radius 3 is 1.09 bits per heavy atom. The van der Waals surface area contributed by atoms with E-state index in [0.717, 1.165) is 34.0 Å².